The molecule has 17 heavy (non-hydrogen) atoms. The molecule has 5 heteroatoms. The van der Waals surface area contributed by atoms with Crippen LogP contribution in [-0.2, 0) is 6.42 Å². The Kier molecular flexibility index (Phi) is 3.91. The first-order valence-electron chi connectivity index (χ1n) is 5.89. The smallest absolute Gasteiger partial charge is 0.138 e. The third-order valence-electron chi connectivity index (χ3n) is 2.78. The van der Waals surface area contributed by atoms with Gasteiger partial charge in [0.2, 0.25) is 0 Å². The Bertz CT molecular complexity index is 493. The Labute approximate surface area is 105 Å². The van der Waals surface area contributed by atoms with Gasteiger partial charge in [-0.15, -0.1) is 11.3 Å². The fraction of sp³-hybridized carbons (Fsp3) is 0.500. The molecule has 0 bridgehead atoms. The van der Waals surface area contributed by atoms with Gasteiger partial charge < -0.3 is 10.4 Å². The van der Waals surface area contributed by atoms with E-state index in [1.807, 2.05) is 6.92 Å². The van der Waals surface area contributed by atoms with Gasteiger partial charge in [0.25, 0.3) is 0 Å². The summed E-state index contributed by atoms with van der Waals surface area (Å²) in [4.78, 5) is 10.9. The summed E-state index contributed by atoms with van der Waals surface area (Å²) < 4.78 is 0. The van der Waals surface area contributed by atoms with Crippen LogP contribution in [0.1, 0.15) is 25.1 Å². The summed E-state index contributed by atoms with van der Waals surface area (Å²) in [6.07, 6.45) is 3.45. The first kappa shape index (κ1) is 12.3. The van der Waals surface area contributed by atoms with Crippen LogP contribution >= 0.6 is 11.3 Å². The van der Waals surface area contributed by atoms with Gasteiger partial charge in [0, 0.05) is 4.88 Å². The number of aliphatic hydroxyl groups is 1. The van der Waals surface area contributed by atoms with E-state index in [2.05, 4.69) is 28.3 Å². The van der Waals surface area contributed by atoms with Gasteiger partial charge in [-0.05, 0) is 18.9 Å². The Morgan fingerprint density at radius 1 is 1.41 bits per heavy atom. The highest BCUT2D eigenvalue weighted by atomic mass is 32.1. The van der Waals surface area contributed by atoms with Gasteiger partial charge >= 0.3 is 0 Å². The standard InChI is InChI=1S/C12H17N3OS/c1-3-8(6-16)15-11-10-5-9(4-2)17-12(10)14-7-13-11/h5,7-8,16H,3-4,6H2,1-2H3,(H,13,14,15)/t8-/m1/s1. The highest BCUT2D eigenvalue weighted by Crippen LogP contribution is 2.28. The van der Waals surface area contributed by atoms with E-state index >= 15 is 0 Å². The summed E-state index contributed by atoms with van der Waals surface area (Å²) in [7, 11) is 0. The molecule has 0 aliphatic carbocycles. The normalized spacial score (nSPS) is 12.9. The number of aliphatic hydroxyl groups excluding tert-OH is 1. The van der Waals surface area contributed by atoms with Crippen LogP contribution in [0, 0.1) is 0 Å². The average Bonchev–Trinajstić information content (AvgIpc) is 2.79. The highest BCUT2D eigenvalue weighted by molar-refractivity contribution is 7.18. The highest BCUT2D eigenvalue weighted by Gasteiger charge is 2.11. The summed E-state index contributed by atoms with van der Waals surface area (Å²) in [5, 5.41) is 13.5. The molecule has 2 aromatic heterocycles. The second-order valence-corrected chi connectivity index (χ2v) is 5.05. The molecule has 0 aliphatic heterocycles. The van der Waals surface area contributed by atoms with E-state index in [-0.39, 0.29) is 12.6 Å². The average molecular weight is 251 g/mol. The second kappa shape index (κ2) is 5.42. The van der Waals surface area contributed by atoms with Crippen molar-refractivity contribution >= 4 is 27.4 Å². The third kappa shape index (κ3) is 2.56. The van der Waals surface area contributed by atoms with Crippen LogP contribution in [0.15, 0.2) is 12.4 Å². The molecule has 2 aromatic rings. The van der Waals surface area contributed by atoms with Crippen LogP contribution < -0.4 is 5.32 Å². The fourth-order valence-electron chi connectivity index (χ4n) is 1.66. The minimum atomic E-state index is 0.0538. The van der Waals surface area contributed by atoms with Crippen molar-refractivity contribution in [2.24, 2.45) is 0 Å². The number of fused-ring (bicyclic) bond motifs is 1. The van der Waals surface area contributed by atoms with Crippen LogP contribution in [0.3, 0.4) is 0 Å². The lowest BCUT2D eigenvalue weighted by Gasteiger charge is -2.14. The van der Waals surface area contributed by atoms with Crippen molar-refractivity contribution in [1.29, 1.82) is 0 Å². The van der Waals surface area contributed by atoms with Crippen molar-refractivity contribution in [2.45, 2.75) is 32.7 Å². The Hall–Kier alpha value is -1.20. The minimum absolute atomic E-state index is 0.0538. The molecule has 0 spiro atoms. The fourth-order valence-corrected chi connectivity index (χ4v) is 2.60. The number of hydrogen-bond donors (Lipinski definition) is 2. The quantitative estimate of drug-likeness (QED) is 0.857. The molecule has 4 nitrogen and oxygen atoms in total. The molecule has 0 aliphatic rings. The summed E-state index contributed by atoms with van der Waals surface area (Å²) in [6.45, 7) is 4.29. The van der Waals surface area contributed by atoms with E-state index < -0.39 is 0 Å². The number of thiophene rings is 1. The zero-order valence-corrected chi connectivity index (χ0v) is 10.9. The monoisotopic (exact) mass is 251 g/mol. The Morgan fingerprint density at radius 2 is 2.24 bits per heavy atom. The molecule has 2 N–H and O–H groups in total. The van der Waals surface area contributed by atoms with Gasteiger partial charge in [-0.3, -0.25) is 0 Å². The molecule has 2 rings (SSSR count). The van der Waals surface area contributed by atoms with Crippen molar-refractivity contribution in [1.82, 2.24) is 9.97 Å². The van der Waals surface area contributed by atoms with Gasteiger partial charge in [0.1, 0.15) is 17.0 Å². The van der Waals surface area contributed by atoms with E-state index in [1.165, 1.54) is 4.88 Å². The lowest BCUT2D eigenvalue weighted by molar-refractivity contribution is 0.271. The zero-order valence-electron chi connectivity index (χ0n) is 10.1. The van der Waals surface area contributed by atoms with E-state index in [0.29, 0.717) is 0 Å². The molecule has 92 valence electrons. The van der Waals surface area contributed by atoms with Gasteiger partial charge in [-0.1, -0.05) is 13.8 Å². The number of nitrogens with one attached hydrogen (secondary N) is 1. The van der Waals surface area contributed by atoms with E-state index in [9.17, 15) is 5.11 Å². The summed E-state index contributed by atoms with van der Waals surface area (Å²) >= 11 is 1.70. The number of anilines is 1. The lowest BCUT2D eigenvalue weighted by atomic mass is 10.2. The van der Waals surface area contributed by atoms with Crippen molar-refractivity contribution in [3.63, 3.8) is 0 Å². The molecule has 0 unspecified atom stereocenters. The molecule has 0 amide bonds. The van der Waals surface area contributed by atoms with Crippen molar-refractivity contribution < 1.29 is 5.11 Å². The van der Waals surface area contributed by atoms with Gasteiger partial charge in [-0.25, -0.2) is 9.97 Å². The van der Waals surface area contributed by atoms with Crippen LogP contribution in [0.25, 0.3) is 10.2 Å². The maximum absolute atomic E-state index is 9.21. The first-order valence-corrected chi connectivity index (χ1v) is 6.70. The lowest BCUT2D eigenvalue weighted by Crippen LogP contribution is -2.23. The Morgan fingerprint density at radius 3 is 2.88 bits per heavy atom. The first-order chi connectivity index (χ1) is 8.28. The molecule has 0 saturated heterocycles. The van der Waals surface area contributed by atoms with Crippen molar-refractivity contribution in [3.05, 3.63) is 17.3 Å². The zero-order chi connectivity index (χ0) is 12.3. The van der Waals surface area contributed by atoms with E-state index in [1.54, 1.807) is 17.7 Å². The maximum Gasteiger partial charge on any atom is 0.138 e. The van der Waals surface area contributed by atoms with Crippen LogP contribution in [0.4, 0.5) is 5.82 Å². The molecular formula is C12H17N3OS. The molecule has 0 fully saturated rings. The van der Waals surface area contributed by atoms with Crippen LogP contribution in [-0.4, -0.2) is 27.7 Å². The Balaban J connectivity index is 2.36. The van der Waals surface area contributed by atoms with Crippen molar-refractivity contribution in [2.75, 3.05) is 11.9 Å². The predicted octanol–water partition coefficient (Wildman–Crippen LogP) is 2.44. The minimum Gasteiger partial charge on any atom is -0.394 e. The second-order valence-electron chi connectivity index (χ2n) is 3.94. The number of nitrogens with zero attached hydrogens (tertiary/aromatic N) is 2. The number of aromatic nitrogens is 2. The number of hydrogen-bond acceptors (Lipinski definition) is 5. The van der Waals surface area contributed by atoms with Crippen molar-refractivity contribution in [3.8, 4) is 0 Å². The topological polar surface area (TPSA) is 58.0 Å². The van der Waals surface area contributed by atoms with E-state index in [4.69, 9.17) is 0 Å². The summed E-state index contributed by atoms with van der Waals surface area (Å²) in [5.74, 6) is 0.826. The van der Waals surface area contributed by atoms with Gasteiger partial charge in [0.15, 0.2) is 0 Å². The summed E-state index contributed by atoms with van der Waals surface area (Å²) in [5.41, 5.74) is 0. The molecule has 0 radical (unpaired) electrons. The largest absolute Gasteiger partial charge is 0.394 e. The maximum atomic E-state index is 9.21. The van der Waals surface area contributed by atoms with Crippen LogP contribution in [0.2, 0.25) is 0 Å². The molecule has 0 aromatic carbocycles. The molecule has 2 heterocycles. The van der Waals surface area contributed by atoms with Gasteiger partial charge in [0.05, 0.1) is 18.0 Å². The molecule has 1 atom stereocenters. The van der Waals surface area contributed by atoms with Gasteiger partial charge in [-0.2, -0.15) is 0 Å². The third-order valence-corrected chi connectivity index (χ3v) is 3.97. The predicted molar refractivity (Wildman–Crippen MR) is 71.6 cm³/mol. The molecular weight excluding hydrogens is 234 g/mol. The summed E-state index contributed by atoms with van der Waals surface area (Å²) in [6, 6.07) is 2.19. The number of aryl methyl sites for hydroxylation is 1. The molecule has 0 saturated carbocycles. The van der Waals surface area contributed by atoms with Crippen LogP contribution in [0.5, 0.6) is 0 Å². The van der Waals surface area contributed by atoms with E-state index in [0.717, 1.165) is 28.9 Å². The number of rotatable bonds is 5. The SMILES string of the molecule is CCc1cc2c(N[C@H](CC)CO)ncnc2s1.